The van der Waals surface area contributed by atoms with Gasteiger partial charge in [-0.1, -0.05) is 6.58 Å². The molecule has 2 rings (SSSR count). The first kappa shape index (κ1) is 8.29. The van der Waals surface area contributed by atoms with Crippen molar-refractivity contribution in [1.82, 2.24) is 4.90 Å². The van der Waals surface area contributed by atoms with Crippen molar-refractivity contribution in [2.75, 3.05) is 13.1 Å². The third-order valence-corrected chi connectivity index (χ3v) is 3.06. The Morgan fingerprint density at radius 2 is 2.31 bits per heavy atom. The van der Waals surface area contributed by atoms with Crippen LogP contribution in [0, 0.1) is 11.3 Å². The first-order valence-corrected chi connectivity index (χ1v) is 4.25. The molecule has 4 heteroatoms. The largest absolute Gasteiger partial charge is 0.481 e. The van der Waals surface area contributed by atoms with Crippen LogP contribution in [0.2, 0.25) is 0 Å². The van der Waals surface area contributed by atoms with Crippen LogP contribution >= 0.6 is 0 Å². The summed E-state index contributed by atoms with van der Waals surface area (Å²) in [5, 5.41) is 8.92. The molecule has 0 unspecified atom stereocenters. The van der Waals surface area contributed by atoms with Crippen molar-refractivity contribution in [1.29, 1.82) is 0 Å². The maximum atomic E-state index is 11.2. The molecular weight excluding hydrogens is 170 g/mol. The molecule has 2 fully saturated rings. The highest BCUT2D eigenvalue weighted by Crippen LogP contribution is 2.57. The third kappa shape index (κ3) is 0.978. The number of fused-ring (bicyclic) bond motifs is 1. The molecule has 1 saturated heterocycles. The number of carboxylic acids is 1. The molecule has 1 amide bonds. The topological polar surface area (TPSA) is 57.6 Å². The smallest absolute Gasteiger partial charge is 0.311 e. The molecule has 1 heterocycles. The molecule has 0 aromatic carbocycles. The molecule has 1 aliphatic heterocycles. The van der Waals surface area contributed by atoms with Crippen LogP contribution in [0.1, 0.15) is 6.42 Å². The lowest BCUT2D eigenvalue weighted by molar-refractivity contribution is -0.143. The molecule has 2 aliphatic rings. The normalized spacial score (nSPS) is 35.4. The second-order valence-corrected chi connectivity index (χ2v) is 3.79. The first-order chi connectivity index (χ1) is 6.10. The second-order valence-electron chi connectivity index (χ2n) is 3.79. The Kier molecular flexibility index (Phi) is 1.49. The summed E-state index contributed by atoms with van der Waals surface area (Å²) in [6.45, 7) is 4.31. The van der Waals surface area contributed by atoms with Crippen molar-refractivity contribution in [2.45, 2.75) is 6.42 Å². The van der Waals surface area contributed by atoms with Crippen molar-refractivity contribution >= 4 is 11.9 Å². The maximum absolute atomic E-state index is 11.2. The molecule has 70 valence electrons. The van der Waals surface area contributed by atoms with E-state index in [4.69, 9.17) is 5.11 Å². The zero-order chi connectivity index (χ0) is 9.64. The van der Waals surface area contributed by atoms with Gasteiger partial charge in [-0.05, 0) is 18.4 Å². The average molecular weight is 181 g/mol. The van der Waals surface area contributed by atoms with Gasteiger partial charge >= 0.3 is 5.97 Å². The van der Waals surface area contributed by atoms with Gasteiger partial charge in [0.15, 0.2) is 0 Å². The molecule has 1 aliphatic carbocycles. The lowest BCUT2D eigenvalue weighted by atomic mass is 10.1. The highest BCUT2D eigenvalue weighted by Gasteiger charge is 2.65. The number of hydrogen-bond donors (Lipinski definition) is 1. The summed E-state index contributed by atoms with van der Waals surface area (Å²) in [5.74, 6) is -0.751. The number of hydrogen-bond acceptors (Lipinski definition) is 2. The van der Waals surface area contributed by atoms with Gasteiger partial charge in [0.25, 0.3) is 0 Å². The van der Waals surface area contributed by atoms with Crippen LogP contribution in [-0.2, 0) is 9.59 Å². The van der Waals surface area contributed by atoms with E-state index in [2.05, 4.69) is 6.58 Å². The Morgan fingerprint density at radius 3 is 2.77 bits per heavy atom. The molecule has 0 aromatic heterocycles. The Balaban J connectivity index is 2.08. The second kappa shape index (κ2) is 2.34. The number of likely N-dealkylation sites (tertiary alicyclic amines) is 1. The summed E-state index contributed by atoms with van der Waals surface area (Å²) >= 11 is 0. The molecule has 0 radical (unpaired) electrons. The number of aliphatic carboxylic acids is 1. The molecule has 1 saturated carbocycles. The summed E-state index contributed by atoms with van der Waals surface area (Å²) in [6, 6.07) is 0. The number of carboxylic acid groups (broad SMARTS) is 1. The fraction of sp³-hybridized carbons (Fsp3) is 0.556. The summed E-state index contributed by atoms with van der Waals surface area (Å²) < 4.78 is 0. The van der Waals surface area contributed by atoms with Gasteiger partial charge < -0.3 is 10.0 Å². The van der Waals surface area contributed by atoms with Crippen LogP contribution in [0.5, 0.6) is 0 Å². The van der Waals surface area contributed by atoms with Gasteiger partial charge in [0.1, 0.15) is 0 Å². The van der Waals surface area contributed by atoms with Crippen LogP contribution in [0.25, 0.3) is 0 Å². The lowest BCUT2D eigenvalue weighted by Crippen LogP contribution is -2.32. The van der Waals surface area contributed by atoms with E-state index >= 15 is 0 Å². The molecule has 4 nitrogen and oxygen atoms in total. The highest BCUT2D eigenvalue weighted by molar-refractivity contribution is 5.89. The predicted molar refractivity (Wildman–Crippen MR) is 45.0 cm³/mol. The van der Waals surface area contributed by atoms with Crippen LogP contribution in [0.15, 0.2) is 12.7 Å². The van der Waals surface area contributed by atoms with Crippen molar-refractivity contribution in [3.8, 4) is 0 Å². The fourth-order valence-electron chi connectivity index (χ4n) is 2.11. The number of rotatable bonds is 2. The highest BCUT2D eigenvalue weighted by atomic mass is 16.4. The Bertz CT molecular complexity index is 299. The van der Waals surface area contributed by atoms with Crippen molar-refractivity contribution in [3.63, 3.8) is 0 Å². The minimum absolute atomic E-state index is 0.159. The predicted octanol–water partition coefficient (Wildman–Crippen LogP) is 0.106. The van der Waals surface area contributed by atoms with E-state index in [9.17, 15) is 9.59 Å². The number of carbonyl (C=O) groups is 2. The molecular formula is C9H11NO3. The van der Waals surface area contributed by atoms with E-state index in [-0.39, 0.29) is 11.8 Å². The van der Waals surface area contributed by atoms with E-state index in [1.54, 1.807) is 4.90 Å². The van der Waals surface area contributed by atoms with E-state index in [0.717, 1.165) is 6.42 Å². The SMILES string of the molecule is C=CC(=O)N1C[C@@H]2C[C@]2(C(=O)O)C1. The van der Waals surface area contributed by atoms with Gasteiger partial charge in [-0.3, -0.25) is 9.59 Å². The van der Waals surface area contributed by atoms with Crippen molar-refractivity contribution in [2.24, 2.45) is 11.3 Å². The number of carbonyl (C=O) groups excluding carboxylic acids is 1. The van der Waals surface area contributed by atoms with Crippen LogP contribution in [-0.4, -0.2) is 35.0 Å². The van der Waals surface area contributed by atoms with Crippen molar-refractivity contribution in [3.05, 3.63) is 12.7 Å². The van der Waals surface area contributed by atoms with E-state index in [1.807, 2.05) is 0 Å². The fourth-order valence-corrected chi connectivity index (χ4v) is 2.11. The third-order valence-electron chi connectivity index (χ3n) is 3.06. The minimum Gasteiger partial charge on any atom is -0.481 e. The van der Waals surface area contributed by atoms with Gasteiger partial charge in [-0.15, -0.1) is 0 Å². The molecule has 13 heavy (non-hydrogen) atoms. The number of piperidine rings is 1. The maximum Gasteiger partial charge on any atom is 0.311 e. The summed E-state index contributed by atoms with van der Waals surface area (Å²) in [4.78, 5) is 23.6. The van der Waals surface area contributed by atoms with Crippen LogP contribution in [0.4, 0.5) is 0 Å². The van der Waals surface area contributed by atoms with E-state index in [0.29, 0.717) is 13.1 Å². The standard InChI is InChI=1S/C9H11NO3/c1-2-7(11)10-4-6-3-9(6,5-10)8(12)13/h2,6H,1,3-5H2,(H,12,13)/t6-,9-/m0/s1. The van der Waals surface area contributed by atoms with Gasteiger partial charge in [-0.2, -0.15) is 0 Å². The molecule has 0 spiro atoms. The van der Waals surface area contributed by atoms with Crippen LogP contribution in [0.3, 0.4) is 0 Å². The summed E-state index contributed by atoms with van der Waals surface area (Å²) in [5.41, 5.74) is -0.612. The molecule has 0 bridgehead atoms. The Hall–Kier alpha value is -1.32. The summed E-state index contributed by atoms with van der Waals surface area (Å²) in [7, 11) is 0. The summed E-state index contributed by atoms with van der Waals surface area (Å²) in [6.07, 6.45) is 1.96. The van der Waals surface area contributed by atoms with Gasteiger partial charge in [-0.25, -0.2) is 0 Å². The first-order valence-electron chi connectivity index (χ1n) is 4.25. The van der Waals surface area contributed by atoms with Gasteiger partial charge in [0, 0.05) is 13.1 Å². The Morgan fingerprint density at radius 1 is 1.62 bits per heavy atom. The minimum atomic E-state index is -0.767. The van der Waals surface area contributed by atoms with E-state index in [1.165, 1.54) is 6.08 Å². The molecule has 1 N–H and O–H groups in total. The zero-order valence-corrected chi connectivity index (χ0v) is 7.19. The molecule has 2 atom stereocenters. The quantitative estimate of drug-likeness (QED) is 0.615. The number of amides is 1. The van der Waals surface area contributed by atoms with Crippen molar-refractivity contribution < 1.29 is 14.7 Å². The lowest BCUT2D eigenvalue weighted by Gasteiger charge is -2.17. The monoisotopic (exact) mass is 181 g/mol. The molecule has 0 aromatic rings. The zero-order valence-electron chi connectivity index (χ0n) is 7.19. The van der Waals surface area contributed by atoms with Gasteiger partial charge in [0.05, 0.1) is 5.41 Å². The Labute approximate surface area is 75.8 Å². The van der Waals surface area contributed by atoms with Gasteiger partial charge in [0.2, 0.25) is 5.91 Å². The van der Waals surface area contributed by atoms with Crippen LogP contribution < -0.4 is 0 Å². The average Bonchev–Trinajstić information content (AvgIpc) is 2.69. The van der Waals surface area contributed by atoms with E-state index < -0.39 is 11.4 Å². The number of nitrogens with zero attached hydrogens (tertiary/aromatic N) is 1.